The van der Waals surface area contributed by atoms with Gasteiger partial charge in [0.05, 0.1) is 18.0 Å². The first-order valence-corrected chi connectivity index (χ1v) is 5.69. The van der Waals surface area contributed by atoms with Crippen molar-refractivity contribution in [2.75, 3.05) is 25.1 Å². The summed E-state index contributed by atoms with van der Waals surface area (Å²) in [5.74, 6) is -0.339. The van der Waals surface area contributed by atoms with Crippen LogP contribution in [0.2, 0.25) is 0 Å². The monoisotopic (exact) mass is 223 g/mol. The Kier molecular flexibility index (Phi) is 3.12. The lowest BCUT2D eigenvalue weighted by molar-refractivity contribution is 0.0520. The minimum Gasteiger partial charge on any atom is -0.461 e. The van der Waals surface area contributed by atoms with Crippen molar-refractivity contribution >= 4 is 11.7 Å². The van der Waals surface area contributed by atoms with Gasteiger partial charge in [0.25, 0.3) is 0 Å². The highest BCUT2D eigenvalue weighted by atomic mass is 16.5. The molecule has 0 aromatic carbocycles. The van der Waals surface area contributed by atoms with Crippen molar-refractivity contribution in [2.45, 2.75) is 26.2 Å². The van der Waals surface area contributed by atoms with Gasteiger partial charge in [-0.3, -0.25) is 5.10 Å². The van der Waals surface area contributed by atoms with Gasteiger partial charge >= 0.3 is 5.97 Å². The molecule has 1 aromatic heterocycles. The zero-order valence-electron chi connectivity index (χ0n) is 9.75. The van der Waals surface area contributed by atoms with Crippen LogP contribution in [0.4, 0.5) is 5.69 Å². The number of H-pyrrole nitrogens is 1. The van der Waals surface area contributed by atoms with E-state index in [0.29, 0.717) is 12.3 Å². The molecular weight excluding hydrogens is 206 g/mol. The fourth-order valence-electron chi connectivity index (χ4n) is 2.06. The summed E-state index contributed by atoms with van der Waals surface area (Å²) >= 11 is 0. The number of carbonyl (C=O) groups excluding carboxylic acids is 1. The van der Waals surface area contributed by atoms with Crippen LogP contribution in [0.5, 0.6) is 0 Å². The van der Waals surface area contributed by atoms with E-state index in [9.17, 15) is 4.79 Å². The van der Waals surface area contributed by atoms with Crippen LogP contribution in [-0.4, -0.2) is 36.4 Å². The SMILES string of the molecule is CCOC(=O)c1n[nH]c2c1N(C)CCCC2. The summed E-state index contributed by atoms with van der Waals surface area (Å²) in [7, 11) is 1.99. The van der Waals surface area contributed by atoms with E-state index in [-0.39, 0.29) is 5.97 Å². The minimum atomic E-state index is -0.339. The summed E-state index contributed by atoms with van der Waals surface area (Å²) in [6, 6.07) is 0. The molecule has 0 fully saturated rings. The molecule has 1 aliphatic heterocycles. The van der Waals surface area contributed by atoms with Gasteiger partial charge in [0.2, 0.25) is 0 Å². The summed E-state index contributed by atoms with van der Waals surface area (Å²) in [5.41, 5.74) is 2.38. The largest absolute Gasteiger partial charge is 0.461 e. The molecule has 0 radical (unpaired) electrons. The van der Waals surface area contributed by atoms with Gasteiger partial charge < -0.3 is 9.64 Å². The van der Waals surface area contributed by atoms with Gasteiger partial charge in [-0.15, -0.1) is 0 Å². The molecule has 16 heavy (non-hydrogen) atoms. The van der Waals surface area contributed by atoms with Crippen LogP contribution in [0.1, 0.15) is 35.9 Å². The first-order chi connectivity index (χ1) is 7.74. The van der Waals surface area contributed by atoms with E-state index in [1.54, 1.807) is 6.92 Å². The fraction of sp³-hybridized carbons (Fsp3) is 0.636. The van der Waals surface area contributed by atoms with Crippen LogP contribution in [-0.2, 0) is 11.2 Å². The first kappa shape index (κ1) is 11.0. The Hall–Kier alpha value is -1.52. The number of nitrogens with zero attached hydrogens (tertiary/aromatic N) is 2. The molecule has 1 aromatic rings. The molecule has 1 aliphatic rings. The predicted molar refractivity (Wildman–Crippen MR) is 60.8 cm³/mol. The third-order valence-electron chi connectivity index (χ3n) is 2.83. The number of hydrogen-bond acceptors (Lipinski definition) is 4. The average molecular weight is 223 g/mol. The number of ether oxygens (including phenoxy) is 1. The van der Waals surface area contributed by atoms with Crippen LogP contribution >= 0.6 is 0 Å². The maximum Gasteiger partial charge on any atom is 0.361 e. The van der Waals surface area contributed by atoms with E-state index >= 15 is 0 Å². The molecule has 88 valence electrons. The fourth-order valence-corrected chi connectivity index (χ4v) is 2.06. The normalized spacial score (nSPS) is 15.5. The summed E-state index contributed by atoms with van der Waals surface area (Å²) < 4.78 is 4.99. The lowest BCUT2D eigenvalue weighted by Crippen LogP contribution is -2.20. The van der Waals surface area contributed by atoms with Crippen molar-refractivity contribution in [3.63, 3.8) is 0 Å². The second kappa shape index (κ2) is 4.55. The number of aryl methyl sites for hydroxylation is 1. The van der Waals surface area contributed by atoms with E-state index < -0.39 is 0 Å². The van der Waals surface area contributed by atoms with Crippen molar-refractivity contribution in [1.29, 1.82) is 0 Å². The third-order valence-corrected chi connectivity index (χ3v) is 2.83. The Morgan fingerprint density at radius 2 is 2.38 bits per heavy atom. The van der Waals surface area contributed by atoms with Crippen LogP contribution in [0.3, 0.4) is 0 Å². The lowest BCUT2D eigenvalue weighted by Gasteiger charge is -2.17. The molecule has 0 spiro atoms. The first-order valence-electron chi connectivity index (χ1n) is 5.69. The van der Waals surface area contributed by atoms with E-state index in [4.69, 9.17) is 4.74 Å². The Balaban J connectivity index is 2.33. The third kappa shape index (κ3) is 1.89. The Labute approximate surface area is 94.8 Å². The number of esters is 1. The van der Waals surface area contributed by atoms with Crippen LogP contribution in [0.25, 0.3) is 0 Å². The van der Waals surface area contributed by atoms with Crippen molar-refractivity contribution in [3.05, 3.63) is 11.4 Å². The second-order valence-electron chi connectivity index (χ2n) is 4.00. The van der Waals surface area contributed by atoms with Crippen molar-refractivity contribution in [1.82, 2.24) is 10.2 Å². The number of hydrogen-bond donors (Lipinski definition) is 1. The zero-order valence-corrected chi connectivity index (χ0v) is 9.75. The Bertz CT molecular complexity index is 387. The topological polar surface area (TPSA) is 58.2 Å². The number of fused-ring (bicyclic) bond motifs is 1. The van der Waals surface area contributed by atoms with Gasteiger partial charge in [0, 0.05) is 13.6 Å². The van der Waals surface area contributed by atoms with Crippen LogP contribution in [0.15, 0.2) is 0 Å². The molecule has 0 unspecified atom stereocenters. The molecule has 5 nitrogen and oxygen atoms in total. The van der Waals surface area contributed by atoms with Crippen LogP contribution < -0.4 is 4.90 Å². The number of aromatic amines is 1. The Morgan fingerprint density at radius 3 is 3.12 bits per heavy atom. The molecule has 1 N–H and O–H groups in total. The standard InChI is InChI=1S/C11H17N3O2/c1-3-16-11(15)9-10-8(12-13-9)6-4-5-7-14(10)2/h3-7H2,1-2H3,(H,12,13). The quantitative estimate of drug-likeness (QED) is 0.769. The Morgan fingerprint density at radius 1 is 1.56 bits per heavy atom. The van der Waals surface area contributed by atoms with E-state index in [1.807, 2.05) is 7.05 Å². The van der Waals surface area contributed by atoms with Gasteiger partial charge in [0.1, 0.15) is 0 Å². The van der Waals surface area contributed by atoms with Crippen molar-refractivity contribution in [3.8, 4) is 0 Å². The van der Waals surface area contributed by atoms with Gasteiger partial charge in [0.15, 0.2) is 5.69 Å². The van der Waals surface area contributed by atoms with Gasteiger partial charge in [-0.1, -0.05) is 0 Å². The number of anilines is 1. The summed E-state index contributed by atoms with van der Waals surface area (Å²) in [6.07, 6.45) is 3.22. The molecule has 2 rings (SSSR count). The molecule has 0 saturated heterocycles. The highest BCUT2D eigenvalue weighted by molar-refractivity contribution is 5.94. The van der Waals surface area contributed by atoms with Gasteiger partial charge in [-0.05, 0) is 26.2 Å². The minimum absolute atomic E-state index is 0.339. The lowest BCUT2D eigenvalue weighted by atomic mass is 10.2. The second-order valence-corrected chi connectivity index (χ2v) is 4.00. The van der Waals surface area contributed by atoms with Gasteiger partial charge in [-0.25, -0.2) is 4.79 Å². The number of nitrogens with one attached hydrogen (secondary N) is 1. The summed E-state index contributed by atoms with van der Waals surface area (Å²) in [6.45, 7) is 3.13. The summed E-state index contributed by atoms with van der Waals surface area (Å²) in [5, 5.41) is 7.01. The van der Waals surface area contributed by atoms with Crippen molar-refractivity contribution in [2.24, 2.45) is 0 Å². The number of rotatable bonds is 2. The zero-order chi connectivity index (χ0) is 11.5. The van der Waals surface area contributed by atoms with E-state index in [2.05, 4.69) is 15.1 Å². The molecule has 0 saturated carbocycles. The summed E-state index contributed by atoms with van der Waals surface area (Å²) in [4.78, 5) is 13.8. The van der Waals surface area contributed by atoms with Crippen molar-refractivity contribution < 1.29 is 9.53 Å². The molecule has 0 atom stereocenters. The number of carbonyl (C=O) groups is 1. The van der Waals surface area contributed by atoms with E-state index in [1.165, 1.54) is 0 Å². The van der Waals surface area contributed by atoms with Gasteiger partial charge in [-0.2, -0.15) is 5.10 Å². The molecular formula is C11H17N3O2. The smallest absolute Gasteiger partial charge is 0.361 e. The average Bonchev–Trinajstić information content (AvgIpc) is 2.60. The molecule has 0 amide bonds. The highest BCUT2D eigenvalue weighted by Gasteiger charge is 2.24. The molecule has 0 bridgehead atoms. The molecule has 5 heteroatoms. The maximum atomic E-state index is 11.7. The molecule has 2 heterocycles. The maximum absolute atomic E-state index is 11.7. The molecule has 0 aliphatic carbocycles. The van der Waals surface area contributed by atoms with E-state index in [0.717, 1.165) is 37.2 Å². The highest BCUT2D eigenvalue weighted by Crippen LogP contribution is 2.27. The van der Waals surface area contributed by atoms with Crippen LogP contribution in [0, 0.1) is 0 Å². The predicted octanol–water partition coefficient (Wildman–Crippen LogP) is 1.36. The number of aromatic nitrogens is 2.